The maximum Gasteiger partial charge on any atom is 0.344 e. The number of rotatable bonds is 7. The van der Waals surface area contributed by atoms with Gasteiger partial charge in [0.25, 0.3) is 11.6 Å². The number of carbonyl (C=O) groups is 2. The summed E-state index contributed by atoms with van der Waals surface area (Å²) in [5.74, 6) is -0.838. The van der Waals surface area contributed by atoms with Gasteiger partial charge < -0.3 is 14.8 Å². The summed E-state index contributed by atoms with van der Waals surface area (Å²) in [6.07, 6.45) is -1.14. The van der Waals surface area contributed by atoms with Crippen molar-refractivity contribution >= 4 is 23.3 Å². The molecule has 0 aliphatic rings. The van der Waals surface area contributed by atoms with Gasteiger partial charge in [-0.2, -0.15) is 0 Å². The minimum Gasteiger partial charge on any atom is -0.482 e. The van der Waals surface area contributed by atoms with Crippen LogP contribution in [0.5, 0.6) is 5.75 Å². The van der Waals surface area contributed by atoms with Crippen molar-refractivity contribution < 1.29 is 24.0 Å². The van der Waals surface area contributed by atoms with E-state index in [1.165, 1.54) is 25.1 Å². The number of nitrogens with one attached hydrogen (secondary N) is 1. The van der Waals surface area contributed by atoms with E-state index in [1.54, 1.807) is 12.1 Å². The molecular weight excluding hydrogens is 352 g/mol. The van der Waals surface area contributed by atoms with Crippen LogP contribution in [0.1, 0.15) is 18.1 Å². The highest BCUT2D eigenvalue weighted by atomic mass is 16.6. The number of nitro benzene ring substituents is 1. The molecule has 1 amide bonds. The van der Waals surface area contributed by atoms with Crippen LogP contribution >= 0.6 is 0 Å². The molecule has 142 valence electrons. The van der Waals surface area contributed by atoms with Gasteiger partial charge in [0.05, 0.1) is 4.92 Å². The summed E-state index contributed by atoms with van der Waals surface area (Å²) in [5, 5.41) is 13.4. The summed E-state index contributed by atoms with van der Waals surface area (Å²) in [7, 11) is 0. The number of hydrogen-bond acceptors (Lipinski definition) is 6. The highest BCUT2D eigenvalue weighted by Crippen LogP contribution is 2.23. The molecule has 2 aromatic carbocycles. The van der Waals surface area contributed by atoms with Crippen LogP contribution in [0, 0.1) is 24.0 Å². The second-order valence-electron chi connectivity index (χ2n) is 5.95. The number of nitro groups is 1. The second kappa shape index (κ2) is 8.79. The van der Waals surface area contributed by atoms with E-state index < -0.39 is 22.9 Å². The first-order valence-corrected chi connectivity index (χ1v) is 8.21. The highest BCUT2D eigenvalue weighted by molar-refractivity contribution is 5.96. The lowest BCUT2D eigenvalue weighted by molar-refractivity contribution is -0.383. The molecule has 0 spiro atoms. The first kappa shape index (κ1) is 19.9. The molecule has 27 heavy (non-hydrogen) atoms. The lowest BCUT2D eigenvalue weighted by Gasteiger charge is -2.14. The molecule has 0 bridgehead atoms. The summed E-state index contributed by atoms with van der Waals surface area (Å²) < 4.78 is 10.5. The van der Waals surface area contributed by atoms with Crippen LogP contribution in [0.15, 0.2) is 42.5 Å². The minimum absolute atomic E-state index is 0.0297. The number of esters is 1. The highest BCUT2D eigenvalue weighted by Gasteiger charge is 2.21. The molecule has 0 radical (unpaired) electrons. The van der Waals surface area contributed by atoms with Crippen molar-refractivity contribution in [3.05, 3.63) is 63.7 Å². The van der Waals surface area contributed by atoms with Crippen molar-refractivity contribution in [2.75, 3.05) is 11.9 Å². The molecule has 2 aromatic rings. The fourth-order valence-electron chi connectivity index (χ4n) is 2.26. The summed E-state index contributed by atoms with van der Waals surface area (Å²) in [6, 6.07) is 11.3. The Hall–Kier alpha value is -3.42. The molecule has 1 N–H and O–H groups in total. The third kappa shape index (κ3) is 5.53. The average molecular weight is 372 g/mol. The Morgan fingerprint density at radius 1 is 1.19 bits per heavy atom. The fourth-order valence-corrected chi connectivity index (χ4v) is 2.26. The molecule has 0 unspecified atom stereocenters. The van der Waals surface area contributed by atoms with Crippen molar-refractivity contribution in [1.82, 2.24) is 0 Å². The Labute approximate surface area is 156 Å². The van der Waals surface area contributed by atoms with Gasteiger partial charge in [-0.05, 0) is 44.0 Å². The standard InChI is InChI=1S/C19H20N2O6/c1-12-8-9-13(2)17(10-12)26-11-18(22)27-14(3)19(23)20-15-6-4-5-7-16(15)21(24)25/h4-10,14H,11H2,1-3H3,(H,20,23)/t14-/m0/s1. The van der Waals surface area contributed by atoms with Gasteiger partial charge in [-0.1, -0.05) is 24.3 Å². The number of para-hydroxylation sites is 2. The smallest absolute Gasteiger partial charge is 0.344 e. The number of hydrogen-bond donors (Lipinski definition) is 1. The van der Waals surface area contributed by atoms with Gasteiger partial charge in [0, 0.05) is 6.07 Å². The van der Waals surface area contributed by atoms with Crippen LogP contribution in [-0.4, -0.2) is 29.5 Å². The zero-order chi connectivity index (χ0) is 20.0. The normalized spacial score (nSPS) is 11.4. The zero-order valence-electron chi connectivity index (χ0n) is 15.2. The first-order valence-electron chi connectivity index (χ1n) is 8.21. The predicted molar refractivity (Wildman–Crippen MR) is 98.7 cm³/mol. The molecular formula is C19H20N2O6. The molecule has 8 nitrogen and oxygen atoms in total. The third-order valence-corrected chi connectivity index (χ3v) is 3.73. The number of amides is 1. The van der Waals surface area contributed by atoms with Gasteiger partial charge in [0.2, 0.25) is 0 Å². The Bertz CT molecular complexity index is 865. The molecule has 0 aliphatic carbocycles. The number of aryl methyl sites for hydroxylation is 2. The van der Waals surface area contributed by atoms with E-state index >= 15 is 0 Å². The van der Waals surface area contributed by atoms with E-state index in [-0.39, 0.29) is 18.0 Å². The molecule has 0 aromatic heterocycles. The van der Waals surface area contributed by atoms with Crippen LogP contribution in [0.3, 0.4) is 0 Å². The quantitative estimate of drug-likeness (QED) is 0.454. The molecule has 2 rings (SSSR count). The van der Waals surface area contributed by atoms with E-state index in [2.05, 4.69) is 5.32 Å². The summed E-state index contributed by atoms with van der Waals surface area (Å²) in [5.41, 5.74) is 1.64. The van der Waals surface area contributed by atoms with Crippen LogP contribution in [0.4, 0.5) is 11.4 Å². The Morgan fingerprint density at radius 2 is 1.89 bits per heavy atom. The number of ether oxygens (including phenoxy) is 2. The van der Waals surface area contributed by atoms with Crippen molar-refractivity contribution in [2.24, 2.45) is 0 Å². The topological polar surface area (TPSA) is 108 Å². The first-order chi connectivity index (χ1) is 12.8. The predicted octanol–water partition coefficient (Wildman–Crippen LogP) is 3.16. The fraction of sp³-hybridized carbons (Fsp3) is 0.263. The number of nitrogens with zero attached hydrogens (tertiary/aromatic N) is 1. The number of anilines is 1. The minimum atomic E-state index is -1.14. The van der Waals surface area contributed by atoms with Crippen LogP contribution < -0.4 is 10.1 Å². The van der Waals surface area contributed by atoms with Crippen molar-refractivity contribution in [3.8, 4) is 5.75 Å². The Morgan fingerprint density at radius 3 is 2.59 bits per heavy atom. The lowest BCUT2D eigenvalue weighted by Crippen LogP contribution is -2.31. The lowest BCUT2D eigenvalue weighted by atomic mass is 10.1. The summed E-state index contributed by atoms with van der Waals surface area (Å²) >= 11 is 0. The summed E-state index contributed by atoms with van der Waals surface area (Å²) in [6.45, 7) is 4.77. The van der Waals surface area contributed by atoms with E-state index in [1.807, 2.05) is 26.0 Å². The molecule has 0 fully saturated rings. The third-order valence-electron chi connectivity index (χ3n) is 3.73. The maximum atomic E-state index is 12.1. The maximum absolute atomic E-state index is 12.1. The number of carbonyl (C=O) groups excluding carboxylic acids is 2. The number of benzene rings is 2. The van der Waals surface area contributed by atoms with E-state index in [9.17, 15) is 19.7 Å². The average Bonchev–Trinajstić information content (AvgIpc) is 2.62. The van der Waals surface area contributed by atoms with E-state index in [0.717, 1.165) is 11.1 Å². The molecule has 8 heteroatoms. The molecule has 0 aliphatic heterocycles. The van der Waals surface area contributed by atoms with Crippen LogP contribution in [0.2, 0.25) is 0 Å². The van der Waals surface area contributed by atoms with Gasteiger partial charge in [-0.15, -0.1) is 0 Å². The molecule has 0 saturated heterocycles. The van der Waals surface area contributed by atoms with Crippen LogP contribution in [0.25, 0.3) is 0 Å². The van der Waals surface area contributed by atoms with E-state index in [4.69, 9.17) is 9.47 Å². The van der Waals surface area contributed by atoms with Crippen molar-refractivity contribution in [2.45, 2.75) is 26.9 Å². The molecule has 1 atom stereocenters. The van der Waals surface area contributed by atoms with Gasteiger partial charge in [-0.25, -0.2) is 4.79 Å². The van der Waals surface area contributed by atoms with Gasteiger partial charge >= 0.3 is 5.97 Å². The van der Waals surface area contributed by atoms with Crippen molar-refractivity contribution in [3.63, 3.8) is 0 Å². The monoisotopic (exact) mass is 372 g/mol. The second-order valence-corrected chi connectivity index (χ2v) is 5.95. The zero-order valence-corrected chi connectivity index (χ0v) is 15.2. The van der Waals surface area contributed by atoms with Gasteiger partial charge in [-0.3, -0.25) is 14.9 Å². The Kier molecular flexibility index (Phi) is 6.48. The van der Waals surface area contributed by atoms with Crippen LogP contribution in [-0.2, 0) is 14.3 Å². The SMILES string of the molecule is Cc1ccc(C)c(OCC(=O)O[C@@H](C)C(=O)Nc2ccccc2[N+](=O)[O-])c1. The van der Waals surface area contributed by atoms with Gasteiger partial charge in [0.15, 0.2) is 12.7 Å². The van der Waals surface area contributed by atoms with Gasteiger partial charge in [0.1, 0.15) is 11.4 Å². The molecule has 0 saturated carbocycles. The Balaban J connectivity index is 1.91. The summed E-state index contributed by atoms with van der Waals surface area (Å²) in [4.78, 5) is 34.4. The van der Waals surface area contributed by atoms with Crippen molar-refractivity contribution in [1.29, 1.82) is 0 Å². The largest absolute Gasteiger partial charge is 0.482 e. The molecule has 0 heterocycles. The van der Waals surface area contributed by atoms with E-state index in [0.29, 0.717) is 5.75 Å².